The molecule has 1 aliphatic heterocycles. The van der Waals surface area contributed by atoms with Gasteiger partial charge in [-0.1, -0.05) is 54.6 Å². The van der Waals surface area contributed by atoms with Gasteiger partial charge in [0.25, 0.3) is 0 Å². The summed E-state index contributed by atoms with van der Waals surface area (Å²) in [4.78, 5) is 14.3. The molecule has 2 N–H and O–H groups in total. The normalized spacial score (nSPS) is 14.2. The minimum Gasteiger partial charge on any atom is -0.333 e. The largest absolute Gasteiger partial charge is 0.333 e. The molecular weight excluding hydrogens is 284 g/mol. The molecule has 0 bridgehead atoms. The third-order valence-electron chi connectivity index (χ3n) is 3.77. The quantitative estimate of drug-likeness (QED) is 0.947. The SMILES string of the molecule is Cl.NC(Cc1ccccc1)C(=O)N1Cc2ccccc2C1. The minimum atomic E-state index is -0.466. The van der Waals surface area contributed by atoms with Gasteiger partial charge in [-0.3, -0.25) is 4.79 Å². The van der Waals surface area contributed by atoms with Crippen molar-refractivity contribution in [3.63, 3.8) is 0 Å². The minimum absolute atomic E-state index is 0. The number of carbonyl (C=O) groups is 1. The van der Waals surface area contributed by atoms with E-state index in [0.29, 0.717) is 19.5 Å². The fourth-order valence-corrected chi connectivity index (χ4v) is 2.68. The van der Waals surface area contributed by atoms with Crippen LogP contribution < -0.4 is 5.73 Å². The van der Waals surface area contributed by atoms with Gasteiger partial charge >= 0.3 is 0 Å². The van der Waals surface area contributed by atoms with Crippen LogP contribution in [0.15, 0.2) is 54.6 Å². The van der Waals surface area contributed by atoms with Crippen molar-refractivity contribution in [3.05, 3.63) is 71.3 Å². The molecule has 1 atom stereocenters. The fraction of sp³-hybridized carbons (Fsp3) is 0.235. The molecule has 110 valence electrons. The third-order valence-corrected chi connectivity index (χ3v) is 3.77. The van der Waals surface area contributed by atoms with Crippen LogP contribution in [0.25, 0.3) is 0 Å². The van der Waals surface area contributed by atoms with Gasteiger partial charge in [0.15, 0.2) is 0 Å². The molecule has 1 aliphatic rings. The molecule has 3 nitrogen and oxygen atoms in total. The van der Waals surface area contributed by atoms with E-state index >= 15 is 0 Å². The summed E-state index contributed by atoms with van der Waals surface area (Å²) in [7, 11) is 0. The van der Waals surface area contributed by atoms with Gasteiger partial charge in [0, 0.05) is 13.1 Å². The van der Waals surface area contributed by atoms with Crippen LogP contribution in [0.5, 0.6) is 0 Å². The van der Waals surface area contributed by atoms with Gasteiger partial charge in [0.2, 0.25) is 5.91 Å². The van der Waals surface area contributed by atoms with Gasteiger partial charge in [-0.25, -0.2) is 0 Å². The Morgan fingerprint density at radius 1 is 1.00 bits per heavy atom. The van der Waals surface area contributed by atoms with E-state index in [2.05, 4.69) is 12.1 Å². The molecule has 0 aromatic heterocycles. The van der Waals surface area contributed by atoms with Crippen LogP contribution in [0.2, 0.25) is 0 Å². The number of amides is 1. The fourth-order valence-electron chi connectivity index (χ4n) is 2.68. The number of nitrogens with zero attached hydrogens (tertiary/aromatic N) is 1. The summed E-state index contributed by atoms with van der Waals surface area (Å²) in [6.45, 7) is 1.36. The Labute approximate surface area is 131 Å². The van der Waals surface area contributed by atoms with Crippen molar-refractivity contribution in [1.29, 1.82) is 0 Å². The Kier molecular flexibility index (Phi) is 4.99. The van der Waals surface area contributed by atoms with E-state index in [1.807, 2.05) is 47.4 Å². The average Bonchev–Trinajstić information content (AvgIpc) is 2.91. The van der Waals surface area contributed by atoms with Crippen LogP contribution >= 0.6 is 12.4 Å². The summed E-state index contributed by atoms with van der Waals surface area (Å²) in [5, 5.41) is 0. The molecule has 1 amide bonds. The highest BCUT2D eigenvalue weighted by Gasteiger charge is 2.26. The lowest BCUT2D eigenvalue weighted by molar-refractivity contribution is -0.133. The maximum Gasteiger partial charge on any atom is 0.240 e. The maximum absolute atomic E-state index is 12.4. The smallest absolute Gasteiger partial charge is 0.240 e. The molecule has 1 heterocycles. The lowest BCUT2D eigenvalue weighted by Gasteiger charge is -2.20. The Balaban J connectivity index is 0.00000161. The predicted octanol–water partition coefficient (Wildman–Crippen LogP) is 2.52. The molecule has 3 rings (SSSR count). The number of carbonyl (C=O) groups excluding carboxylic acids is 1. The highest BCUT2D eigenvalue weighted by atomic mass is 35.5. The lowest BCUT2D eigenvalue weighted by atomic mass is 10.1. The Bertz CT molecular complexity index is 590. The first-order valence-electron chi connectivity index (χ1n) is 6.89. The highest BCUT2D eigenvalue weighted by Crippen LogP contribution is 2.22. The van der Waals surface area contributed by atoms with Crippen LogP contribution in [0.4, 0.5) is 0 Å². The zero-order valence-electron chi connectivity index (χ0n) is 11.7. The van der Waals surface area contributed by atoms with Crippen LogP contribution in [-0.4, -0.2) is 16.8 Å². The molecule has 21 heavy (non-hydrogen) atoms. The second-order valence-corrected chi connectivity index (χ2v) is 5.26. The second-order valence-electron chi connectivity index (χ2n) is 5.26. The van der Waals surface area contributed by atoms with Crippen molar-refractivity contribution in [2.24, 2.45) is 5.73 Å². The monoisotopic (exact) mass is 302 g/mol. The highest BCUT2D eigenvalue weighted by molar-refractivity contribution is 5.85. The first-order chi connectivity index (χ1) is 9.74. The number of halogens is 1. The molecule has 0 spiro atoms. The summed E-state index contributed by atoms with van der Waals surface area (Å²) < 4.78 is 0. The number of hydrogen-bond acceptors (Lipinski definition) is 2. The van der Waals surface area contributed by atoms with Crippen molar-refractivity contribution < 1.29 is 4.79 Å². The van der Waals surface area contributed by atoms with Gasteiger partial charge < -0.3 is 10.6 Å². The van der Waals surface area contributed by atoms with E-state index in [-0.39, 0.29) is 18.3 Å². The average molecular weight is 303 g/mol. The van der Waals surface area contributed by atoms with Crippen molar-refractivity contribution in [2.45, 2.75) is 25.6 Å². The molecule has 0 radical (unpaired) electrons. The van der Waals surface area contributed by atoms with E-state index in [1.165, 1.54) is 11.1 Å². The number of fused-ring (bicyclic) bond motifs is 1. The van der Waals surface area contributed by atoms with Crippen LogP contribution in [0, 0.1) is 0 Å². The zero-order valence-corrected chi connectivity index (χ0v) is 12.6. The molecule has 0 saturated heterocycles. The van der Waals surface area contributed by atoms with Gasteiger partial charge in [-0.2, -0.15) is 0 Å². The molecule has 0 fully saturated rings. The molecule has 2 aromatic rings. The predicted molar refractivity (Wildman–Crippen MR) is 86.1 cm³/mol. The van der Waals surface area contributed by atoms with Crippen molar-refractivity contribution in [3.8, 4) is 0 Å². The van der Waals surface area contributed by atoms with Crippen molar-refractivity contribution in [1.82, 2.24) is 4.90 Å². The summed E-state index contributed by atoms with van der Waals surface area (Å²) in [6, 6.07) is 17.6. The van der Waals surface area contributed by atoms with E-state index in [4.69, 9.17) is 5.73 Å². The van der Waals surface area contributed by atoms with Gasteiger partial charge in [0.05, 0.1) is 6.04 Å². The molecule has 1 unspecified atom stereocenters. The van der Waals surface area contributed by atoms with Crippen molar-refractivity contribution >= 4 is 18.3 Å². The molecule has 2 aromatic carbocycles. The lowest BCUT2D eigenvalue weighted by Crippen LogP contribution is -2.42. The van der Waals surface area contributed by atoms with Crippen LogP contribution in [0.3, 0.4) is 0 Å². The first-order valence-corrected chi connectivity index (χ1v) is 6.89. The van der Waals surface area contributed by atoms with Gasteiger partial charge in [-0.05, 0) is 23.1 Å². The topological polar surface area (TPSA) is 46.3 Å². The maximum atomic E-state index is 12.4. The Morgan fingerprint density at radius 3 is 2.10 bits per heavy atom. The van der Waals surface area contributed by atoms with Crippen LogP contribution in [-0.2, 0) is 24.3 Å². The van der Waals surface area contributed by atoms with E-state index < -0.39 is 6.04 Å². The molecule has 4 heteroatoms. The van der Waals surface area contributed by atoms with Crippen LogP contribution in [0.1, 0.15) is 16.7 Å². The van der Waals surface area contributed by atoms with E-state index in [1.54, 1.807) is 0 Å². The first kappa shape index (κ1) is 15.5. The van der Waals surface area contributed by atoms with E-state index in [0.717, 1.165) is 5.56 Å². The number of nitrogens with two attached hydrogens (primary N) is 1. The second kappa shape index (κ2) is 6.74. The van der Waals surface area contributed by atoms with Crippen molar-refractivity contribution in [2.75, 3.05) is 0 Å². The number of rotatable bonds is 3. The van der Waals surface area contributed by atoms with Gasteiger partial charge in [-0.15, -0.1) is 12.4 Å². The number of hydrogen-bond donors (Lipinski definition) is 1. The standard InChI is InChI=1S/C17H18N2O.ClH/c18-16(10-13-6-2-1-3-7-13)17(20)19-11-14-8-4-5-9-15(14)12-19;/h1-9,16H,10-12,18H2;1H. The summed E-state index contributed by atoms with van der Waals surface area (Å²) in [5.74, 6) is 0.0325. The van der Waals surface area contributed by atoms with Gasteiger partial charge in [0.1, 0.15) is 0 Å². The molecule has 0 aliphatic carbocycles. The third kappa shape index (κ3) is 3.43. The van der Waals surface area contributed by atoms with E-state index in [9.17, 15) is 4.79 Å². The molecule has 0 saturated carbocycles. The number of benzene rings is 2. The summed E-state index contributed by atoms with van der Waals surface area (Å²) in [6.07, 6.45) is 0.590. The molecular formula is C17H19ClN2O. The summed E-state index contributed by atoms with van der Waals surface area (Å²) in [5.41, 5.74) is 9.63. The Morgan fingerprint density at radius 2 is 1.52 bits per heavy atom. The zero-order chi connectivity index (χ0) is 13.9. The summed E-state index contributed by atoms with van der Waals surface area (Å²) >= 11 is 0. The Hall–Kier alpha value is -1.84.